The molecule has 2 aromatic rings. The quantitative estimate of drug-likeness (QED) is 0.783. The molecule has 3 rings (SSSR count). The zero-order valence-electron chi connectivity index (χ0n) is 14.8. The number of amides is 1. The summed E-state index contributed by atoms with van der Waals surface area (Å²) in [5.41, 5.74) is 2.45. The first kappa shape index (κ1) is 17.6. The van der Waals surface area contributed by atoms with E-state index in [1.54, 1.807) is 19.0 Å². The molecule has 1 aliphatic heterocycles. The van der Waals surface area contributed by atoms with Gasteiger partial charge in [0, 0.05) is 64.8 Å². The third-order valence-corrected chi connectivity index (χ3v) is 4.37. The predicted molar refractivity (Wildman–Crippen MR) is 93.6 cm³/mol. The van der Waals surface area contributed by atoms with Gasteiger partial charge in [-0.2, -0.15) is 5.10 Å². The van der Waals surface area contributed by atoms with Crippen molar-refractivity contribution in [1.82, 2.24) is 24.6 Å². The number of aromatic nitrogens is 3. The van der Waals surface area contributed by atoms with Crippen molar-refractivity contribution in [1.29, 1.82) is 0 Å². The molecule has 2 aromatic heterocycles. The summed E-state index contributed by atoms with van der Waals surface area (Å²) in [5.74, 6) is 0.278. The van der Waals surface area contributed by atoms with Crippen LogP contribution in [0.2, 0.25) is 0 Å². The highest BCUT2D eigenvalue weighted by Crippen LogP contribution is 2.18. The summed E-state index contributed by atoms with van der Waals surface area (Å²) in [7, 11) is 3.48. The highest BCUT2D eigenvalue weighted by Gasteiger charge is 2.23. The molecule has 0 radical (unpaired) electrons. The minimum Gasteiger partial charge on any atom is -0.371 e. The average Bonchev–Trinajstić information content (AvgIpc) is 2.95. The van der Waals surface area contributed by atoms with Gasteiger partial charge in [-0.3, -0.25) is 19.4 Å². The van der Waals surface area contributed by atoms with E-state index >= 15 is 0 Å². The molecule has 3 heterocycles. The molecule has 0 fully saturated rings. The third kappa shape index (κ3) is 4.87. The summed E-state index contributed by atoms with van der Waals surface area (Å²) in [6.07, 6.45) is 5.49. The zero-order valence-corrected chi connectivity index (χ0v) is 14.8. The highest BCUT2D eigenvalue weighted by atomic mass is 16.5. The lowest BCUT2D eigenvalue weighted by atomic mass is 10.1. The van der Waals surface area contributed by atoms with E-state index in [1.165, 1.54) is 11.3 Å². The number of rotatable bonds is 6. The number of carbonyl (C=O) groups excluding carboxylic acids is 1. The van der Waals surface area contributed by atoms with E-state index in [0.717, 1.165) is 26.2 Å². The number of likely N-dealkylation sites (N-methyl/N-ethyl adjacent to an activating group) is 1. The lowest BCUT2D eigenvalue weighted by molar-refractivity contribution is -0.134. The van der Waals surface area contributed by atoms with E-state index in [0.29, 0.717) is 6.61 Å². The minimum atomic E-state index is -0.0120. The van der Waals surface area contributed by atoms with E-state index in [2.05, 4.69) is 21.0 Å². The van der Waals surface area contributed by atoms with Gasteiger partial charge in [0.15, 0.2) is 0 Å². The maximum absolute atomic E-state index is 11.7. The Morgan fingerprint density at radius 1 is 1.24 bits per heavy atom. The fraction of sp³-hybridized carbons (Fsp3) is 0.500. The fourth-order valence-corrected chi connectivity index (χ4v) is 3.03. The van der Waals surface area contributed by atoms with Crippen LogP contribution in [0.25, 0.3) is 0 Å². The van der Waals surface area contributed by atoms with Crippen LogP contribution in [-0.2, 0) is 29.2 Å². The number of ether oxygens (including phenoxy) is 1. The lowest BCUT2D eigenvalue weighted by Gasteiger charge is -2.24. The summed E-state index contributed by atoms with van der Waals surface area (Å²) >= 11 is 0. The summed E-state index contributed by atoms with van der Waals surface area (Å²) in [6, 6.07) is 6.16. The fourth-order valence-electron chi connectivity index (χ4n) is 3.03. The van der Waals surface area contributed by atoms with Crippen LogP contribution >= 0.6 is 0 Å². The van der Waals surface area contributed by atoms with Crippen LogP contribution in [0.15, 0.2) is 36.8 Å². The monoisotopic (exact) mass is 343 g/mol. The van der Waals surface area contributed by atoms with Crippen molar-refractivity contribution < 1.29 is 9.53 Å². The van der Waals surface area contributed by atoms with Crippen molar-refractivity contribution in [2.24, 2.45) is 5.92 Å². The first-order valence-corrected chi connectivity index (χ1v) is 8.51. The van der Waals surface area contributed by atoms with Crippen molar-refractivity contribution in [3.05, 3.63) is 48.0 Å². The van der Waals surface area contributed by atoms with Crippen LogP contribution in [0.3, 0.4) is 0 Å². The van der Waals surface area contributed by atoms with E-state index in [1.807, 2.05) is 35.4 Å². The van der Waals surface area contributed by atoms with Gasteiger partial charge in [-0.1, -0.05) is 0 Å². The van der Waals surface area contributed by atoms with Gasteiger partial charge in [0.2, 0.25) is 5.91 Å². The van der Waals surface area contributed by atoms with Crippen LogP contribution in [0, 0.1) is 5.92 Å². The first-order chi connectivity index (χ1) is 12.1. The molecular formula is C18H25N5O2. The summed E-state index contributed by atoms with van der Waals surface area (Å²) < 4.78 is 7.72. The molecule has 0 saturated carbocycles. The van der Waals surface area contributed by atoms with Crippen molar-refractivity contribution in [3.8, 4) is 0 Å². The molecule has 25 heavy (non-hydrogen) atoms. The number of hydrogen-bond donors (Lipinski definition) is 0. The average molecular weight is 343 g/mol. The van der Waals surface area contributed by atoms with Crippen LogP contribution < -0.4 is 0 Å². The first-order valence-electron chi connectivity index (χ1n) is 8.51. The van der Waals surface area contributed by atoms with Crippen LogP contribution in [0.5, 0.6) is 0 Å². The van der Waals surface area contributed by atoms with Gasteiger partial charge in [0.05, 0.1) is 12.3 Å². The number of hydrogen-bond acceptors (Lipinski definition) is 5. The Kier molecular flexibility index (Phi) is 5.78. The predicted octanol–water partition coefficient (Wildman–Crippen LogP) is 1.01. The maximum atomic E-state index is 11.7. The van der Waals surface area contributed by atoms with Gasteiger partial charge in [0.25, 0.3) is 0 Å². The van der Waals surface area contributed by atoms with E-state index < -0.39 is 0 Å². The molecule has 0 saturated heterocycles. The third-order valence-electron chi connectivity index (χ3n) is 4.37. The van der Waals surface area contributed by atoms with Gasteiger partial charge in [0.1, 0.15) is 6.61 Å². The van der Waals surface area contributed by atoms with Gasteiger partial charge in [-0.05, 0) is 23.8 Å². The van der Waals surface area contributed by atoms with Gasteiger partial charge >= 0.3 is 0 Å². The van der Waals surface area contributed by atoms with Gasteiger partial charge in [-0.15, -0.1) is 0 Å². The molecule has 134 valence electrons. The molecular weight excluding hydrogens is 318 g/mol. The maximum Gasteiger partial charge on any atom is 0.248 e. The lowest BCUT2D eigenvalue weighted by Crippen LogP contribution is -2.32. The number of carbonyl (C=O) groups is 1. The number of nitrogens with zero attached hydrogens (tertiary/aromatic N) is 5. The van der Waals surface area contributed by atoms with Crippen molar-refractivity contribution >= 4 is 5.91 Å². The van der Waals surface area contributed by atoms with Crippen molar-refractivity contribution in [2.45, 2.75) is 19.6 Å². The second-order valence-electron chi connectivity index (χ2n) is 6.70. The second kappa shape index (κ2) is 8.22. The molecule has 0 bridgehead atoms. The van der Waals surface area contributed by atoms with Crippen LogP contribution in [0.1, 0.15) is 11.3 Å². The summed E-state index contributed by atoms with van der Waals surface area (Å²) in [5, 5.41) is 4.43. The molecule has 0 aliphatic carbocycles. The minimum absolute atomic E-state index is 0.0120. The second-order valence-corrected chi connectivity index (χ2v) is 6.70. The molecule has 7 nitrogen and oxygen atoms in total. The van der Waals surface area contributed by atoms with E-state index in [4.69, 9.17) is 4.74 Å². The summed E-state index contributed by atoms with van der Waals surface area (Å²) in [6.45, 7) is 4.11. The molecule has 0 N–H and O–H groups in total. The topological polar surface area (TPSA) is 63.5 Å². The van der Waals surface area contributed by atoms with Gasteiger partial charge < -0.3 is 9.64 Å². The van der Waals surface area contributed by atoms with Crippen LogP contribution in [0.4, 0.5) is 0 Å². The van der Waals surface area contributed by atoms with Crippen molar-refractivity contribution in [2.75, 3.05) is 33.9 Å². The highest BCUT2D eigenvalue weighted by molar-refractivity contribution is 5.76. The van der Waals surface area contributed by atoms with Crippen molar-refractivity contribution in [3.63, 3.8) is 0 Å². The Bertz CT molecular complexity index is 686. The van der Waals surface area contributed by atoms with E-state index in [-0.39, 0.29) is 18.4 Å². The molecule has 0 aromatic carbocycles. The van der Waals surface area contributed by atoms with Crippen LogP contribution in [-0.4, -0.2) is 64.3 Å². The Morgan fingerprint density at radius 3 is 2.80 bits per heavy atom. The Morgan fingerprint density at radius 2 is 2.04 bits per heavy atom. The molecule has 1 amide bonds. The molecule has 0 unspecified atom stereocenters. The Balaban J connectivity index is 1.63. The Hall–Kier alpha value is -2.25. The number of pyridine rings is 1. The molecule has 7 heteroatoms. The number of fused-ring (bicyclic) bond motifs is 1. The Labute approximate surface area is 148 Å². The summed E-state index contributed by atoms with van der Waals surface area (Å²) in [4.78, 5) is 19.7. The SMILES string of the molecule is CN(C)C(=O)COC[C@@H]1CN(Cc2ccncc2)Cc2ccnn2C1. The molecule has 1 atom stereocenters. The largest absolute Gasteiger partial charge is 0.371 e. The smallest absolute Gasteiger partial charge is 0.248 e. The normalized spacial score (nSPS) is 17.8. The zero-order chi connectivity index (χ0) is 17.6. The van der Waals surface area contributed by atoms with Gasteiger partial charge in [-0.25, -0.2) is 0 Å². The standard InChI is InChI=1S/C18H25N5O2/c1-21(2)18(24)14-25-13-16-10-22(9-15-3-6-19-7-4-15)12-17-5-8-20-23(17)11-16/h3-8,16H,9-14H2,1-2H3/t16-/m1/s1. The molecule has 0 spiro atoms. The molecule has 1 aliphatic rings. The van der Waals surface area contributed by atoms with E-state index in [9.17, 15) is 4.79 Å².